The van der Waals surface area contributed by atoms with Crippen molar-refractivity contribution in [1.82, 2.24) is 9.21 Å². The molecule has 2 saturated heterocycles. The Hall–Kier alpha value is -1.69. The smallest absolute Gasteiger partial charge is 0.326 e. The fraction of sp³-hybridized carbons (Fsp3) is 0.611. The molecular formula is C18H22ClN3O6S2. The van der Waals surface area contributed by atoms with E-state index in [2.05, 4.69) is 5.16 Å². The Balaban J connectivity index is 1.40. The maximum absolute atomic E-state index is 12.9. The third-order valence-electron chi connectivity index (χ3n) is 5.91. The summed E-state index contributed by atoms with van der Waals surface area (Å²) in [5, 5.41) is 13.4. The first kappa shape index (κ1) is 21.5. The topological polar surface area (TPSA) is 117 Å². The van der Waals surface area contributed by atoms with Crippen LogP contribution in [0, 0.1) is 0 Å². The van der Waals surface area contributed by atoms with Crippen LogP contribution in [-0.4, -0.2) is 71.6 Å². The number of rotatable bonds is 4. The Morgan fingerprint density at radius 3 is 2.60 bits per heavy atom. The molecule has 3 aliphatic rings. The number of carboxylic acid groups (broad SMARTS) is 1. The average molecular weight is 476 g/mol. The highest BCUT2D eigenvalue weighted by Crippen LogP contribution is 2.38. The molecule has 2 fully saturated rings. The molecule has 1 atom stereocenters. The standard InChI is InChI=1S/C18H22ClN3O6S2/c19-14-4-5-15(29-14)30(26,27)21-9-6-18(7-10-21)11-12(20-28-18)16(23)22-8-2-1-3-13(22)17(24)25/h4-5,13H,1-3,6-11H2,(H,24,25). The summed E-state index contributed by atoms with van der Waals surface area (Å²) in [6.07, 6.45) is 3.01. The average Bonchev–Trinajstić information content (AvgIpc) is 3.35. The predicted molar refractivity (Wildman–Crippen MR) is 110 cm³/mol. The number of amides is 1. The molecule has 164 valence electrons. The Kier molecular flexibility index (Phi) is 5.82. The van der Waals surface area contributed by atoms with Crippen LogP contribution in [0.25, 0.3) is 0 Å². The Morgan fingerprint density at radius 1 is 1.23 bits per heavy atom. The molecule has 30 heavy (non-hydrogen) atoms. The number of halogens is 1. The van der Waals surface area contributed by atoms with Gasteiger partial charge in [0.15, 0.2) is 0 Å². The highest BCUT2D eigenvalue weighted by Gasteiger charge is 2.47. The summed E-state index contributed by atoms with van der Waals surface area (Å²) in [5.74, 6) is -1.41. The molecule has 1 N–H and O–H groups in total. The molecule has 4 rings (SSSR count). The lowest BCUT2D eigenvalue weighted by atomic mass is 9.87. The van der Waals surface area contributed by atoms with E-state index < -0.39 is 33.5 Å². The van der Waals surface area contributed by atoms with Crippen molar-refractivity contribution >= 4 is 50.5 Å². The minimum atomic E-state index is -3.62. The molecule has 0 radical (unpaired) electrons. The molecule has 0 bridgehead atoms. The SMILES string of the molecule is O=C(O)C1CCCCN1C(=O)C1=NOC2(CCN(S(=O)(=O)c3ccc(Cl)s3)CC2)C1. The molecule has 9 nitrogen and oxygen atoms in total. The van der Waals surface area contributed by atoms with Gasteiger partial charge in [-0.15, -0.1) is 11.3 Å². The quantitative estimate of drug-likeness (QED) is 0.713. The van der Waals surface area contributed by atoms with Gasteiger partial charge in [-0.3, -0.25) is 4.79 Å². The third-order valence-corrected chi connectivity index (χ3v) is 9.51. The van der Waals surface area contributed by atoms with Crippen molar-refractivity contribution in [2.45, 2.75) is 54.4 Å². The number of hydrogen-bond acceptors (Lipinski definition) is 7. The summed E-state index contributed by atoms with van der Waals surface area (Å²) in [6.45, 7) is 0.879. The number of oxime groups is 1. The lowest BCUT2D eigenvalue weighted by Crippen LogP contribution is -2.51. The molecule has 0 saturated carbocycles. The largest absolute Gasteiger partial charge is 0.480 e. The highest BCUT2D eigenvalue weighted by molar-refractivity contribution is 7.91. The molecule has 1 spiro atoms. The number of nitrogens with zero attached hydrogens (tertiary/aromatic N) is 3. The maximum atomic E-state index is 12.9. The first-order valence-corrected chi connectivity index (χ1v) is 12.4. The summed E-state index contributed by atoms with van der Waals surface area (Å²) < 4.78 is 27.6. The van der Waals surface area contributed by atoms with E-state index in [1.807, 2.05) is 0 Å². The van der Waals surface area contributed by atoms with Crippen molar-refractivity contribution < 1.29 is 28.0 Å². The molecule has 1 unspecified atom stereocenters. The summed E-state index contributed by atoms with van der Waals surface area (Å²) in [4.78, 5) is 31.4. The second kappa shape index (κ2) is 8.10. The first-order valence-electron chi connectivity index (χ1n) is 9.76. The summed E-state index contributed by atoms with van der Waals surface area (Å²) in [5.41, 5.74) is -0.511. The van der Waals surface area contributed by atoms with Gasteiger partial charge < -0.3 is 14.8 Å². The van der Waals surface area contributed by atoms with Crippen molar-refractivity contribution in [3.8, 4) is 0 Å². The molecule has 1 amide bonds. The van der Waals surface area contributed by atoms with Gasteiger partial charge in [0.1, 0.15) is 21.6 Å². The number of hydrogen-bond donors (Lipinski definition) is 1. The Morgan fingerprint density at radius 2 is 1.97 bits per heavy atom. The summed E-state index contributed by atoms with van der Waals surface area (Å²) >= 11 is 6.89. The van der Waals surface area contributed by atoms with Crippen molar-refractivity contribution in [3.05, 3.63) is 16.5 Å². The normalized spacial score (nSPS) is 24.5. The molecule has 1 aromatic heterocycles. The van der Waals surface area contributed by atoms with Crippen LogP contribution in [0.3, 0.4) is 0 Å². The van der Waals surface area contributed by atoms with E-state index in [0.29, 0.717) is 30.1 Å². The number of aliphatic carboxylic acids is 1. The molecule has 0 aromatic carbocycles. The molecule has 0 aliphatic carbocycles. The number of thiophene rings is 1. The number of carbonyl (C=O) groups is 2. The van der Waals surface area contributed by atoms with Gasteiger partial charge in [-0.25, -0.2) is 13.2 Å². The van der Waals surface area contributed by atoms with Crippen LogP contribution in [0.15, 0.2) is 21.5 Å². The van der Waals surface area contributed by atoms with E-state index in [9.17, 15) is 23.1 Å². The third kappa shape index (κ3) is 3.95. The minimum Gasteiger partial charge on any atom is -0.480 e. The van der Waals surface area contributed by atoms with E-state index in [0.717, 1.165) is 24.2 Å². The molecule has 1 aromatic rings. The van der Waals surface area contributed by atoms with Gasteiger partial charge in [0.05, 0.1) is 4.34 Å². The Labute approximate surface area is 183 Å². The minimum absolute atomic E-state index is 0.202. The highest BCUT2D eigenvalue weighted by atomic mass is 35.5. The number of sulfonamides is 1. The zero-order valence-electron chi connectivity index (χ0n) is 16.1. The van der Waals surface area contributed by atoms with Gasteiger partial charge in [0.2, 0.25) is 0 Å². The molecular weight excluding hydrogens is 454 g/mol. The van der Waals surface area contributed by atoms with Crippen LogP contribution in [0.1, 0.15) is 38.5 Å². The van der Waals surface area contributed by atoms with Crippen LogP contribution in [-0.2, 0) is 24.4 Å². The molecule has 12 heteroatoms. The zero-order chi connectivity index (χ0) is 21.5. The first-order chi connectivity index (χ1) is 14.2. The van der Waals surface area contributed by atoms with Crippen molar-refractivity contribution in [1.29, 1.82) is 0 Å². The van der Waals surface area contributed by atoms with Crippen LogP contribution >= 0.6 is 22.9 Å². The van der Waals surface area contributed by atoms with Crippen LogP contribution in [0.2, 0.25) is 4.34 Å². The van der Waals surface area contributed by atoms with Gasteiger partial charge in [-0.05, 0) is 31.4 Å². The predicted octanol–water partition coefficient (Wildman–Crippen LogP) is 2.17. The fourth-order valence-corrected chi connectivity index (χ4v) is 7.28. The second-order valence-corrected chi connectivity index (χ2v) is 11.7. The Bertz CT molecular complexity index is 984. The number of carbonyl (C=O) groups excluding carboxylic acids is 1. The van der Waals surface area contributed by atoms with E-state index in [-0.39, 0.29) is 29.4 Å². The fourth-order valence-electron chi connectivity index (χ4n) is 4.20. The lowest BCUT2D eigenvalue weighted by molar-refractivity contribution is -0.149. The van der Waals surface area contributed by atoms with Crippen LogP contribution in [0.4, 0.5) is 0 Å². The van der Waals surface area contributed by atoms with E-state index in [1.165, 1.54) is 15.3 Å². The summed E-state index contributed by atoms with van der Waals surface area (Å²) in [7, 11) is -3.62. The molecule has 3 aliphatic heterocycles. The number of carboxylic acids is 1. The zero-order valence-corrected chi connectivity index (χ0v) is 18.5. The lowest BCUT2D eigenvalue weighted by Gasteiger charge is -2.36. The molecule has 4 heterocycles. The van der Waals surface area contributed by atoms with Gasteiger partial charge >= 0.3 is 5.97 Å². The van der Waals surface area contributed by atoms with Crippen molar-refractivity contribution in [2.24, 2.45) is 5.16 Å². The number of likely N-dealkylation sites (tertiary alicyclic amines) is 1. The van der Waals surface area contributed by atoms with E-state index in [4.69, 9.17) is 16.4 Å². The second-order valence-electron chi connectivity index (χ2n) is 7.80. The van der Waals surface area contributed by atoms with Crippen LogP contribution < -0.4 is 0 Å². The van der Waals surface area contributed by atoms with Crippen molar-refractivity contribution in [3.63, 3.8) is 0 Å². The van der Waals surface area contributed by atoms with E-state index >= 15 is 0 Å². The van der Waals surface area contributed by atoms with E-state index in [1.54, 1.807) is 6.07 Å². The number of piperidine rings is 2. The monoisotopic (exact) mass is 475 g/mol. The summed E-state index contributed by atoms with van der Waals surface area (Å²) in [6, 6.07) is 2.22. The van der Waals surface area contributed by atoms with Gasteiger partial charge in [0, 0.05) is 38.9 Å². The van der Waals surface area contributed by atoms with Gasteiger partial charge in [0.25, 0.3) is 15.9 Å². The van der Waals surface area contributed by atoms with Crippen LogP contribution in [0.5, 0.6) is 0 Å². The van der Waals surface area contributed by atoms with Gasteiger partial charge in [-0.1, -0.05) is 16.8 Å². The maximum Gasteiger partial charge on any atom is 0.326 e. The van der Waals surface area contributed by atoms with Gasteiger partial charge in [-0.2, -0.15) is 4.31 Å². The van der Waals surface area contributed by atoms with Crippen molar-refractivity contribution in [2.75, 3.05) is 19.6 Å².